The molecule has 23 heavy (non-hydrogen) atoms. The van der Waals surface area contributed by atoms with E-state index in [0.29, 0.717) is 12.4 Å². The summed E-state index contributed by atoms with van der Waals surface area (Å²) in [5.74, 6) is 0.368. The van der Waals surface area contributed by atoms with Gasteiger partial charge in [0.25, 0.3) is 5.91 Å². The van der Waals surface area contributed by atoms with Gasteiger partial charge in [-0.3, -0.25) is 4.79 Å². The minimum Gasteiger partial charge on any atom is -0.376 e. The molecular weight excluding hydrogens is 292 g/mol. The second-order valence-electron chi connectivity index (χ2n) is 5.72. The summed E-state index contributed by atoms with van der Waals surface area (Å²) in [6.07, 6.45) is 3.31. The second kappa shape index (κ2) is 6.75. The molecule has 1 aliphatic rings. The molecule has 1 saturated carbocycles. The lowest BCUT2D eigenvalue weighted by molar-refractivity contribution is -0.0601. The lowest BCUT2D eigenvalue weighted by atomic mass is 9.80. The average molecular weight is 312 g/mol. The highest BCUT2D eigenvalue weighted by molar-refractivity contribution is 6.02. The number of nitrogens with one attached hydrogen (secondary N) is 2. The molecule has 0 spiro atoms. The third-order valence-electron chi connectivity index (χ3n) is 4.22. The number of carbonyl (C=O) groups is 1. The summed E-state index contributed by atoms with van der Waals surface area (Å²) in [6, 6.07) is 12.7. The van der Waals surface area contributed by atoms with Crippen LogP contribution in [0.3, 0.4) is 0 Å². The predicted molar refractivity (Wildman–Crippen MR) is 88.5 cm³/mol. The van der Waals surface area contributed by atoms with Crippen molar-refractivity contribution in [1.82, 2.24) is 10.2 Å². The fourth-order valence-corrected chi connectivity index (χ4v) is 2.54. The first-order valence-electron chi connectivity index (χ1n) is 7.70. The molecule has 120 valence electrons. The topological polar surface area (TPSA) is 76.1 Å². The zero-order valence-corrected chi connectivity index (χ0v) is 13.1. The quantitative estimate of drug-likeness (QED) is 0.857. The molecule has 2 N–H and O–H groups in total. The van der Waals surface area contributed by atoms with E-state index in [1.165, 1.54) is 6.42 Å². The smallest absolute Gasteiger partial charge is 0.276 e. The Morgan fingerprint density at radius 2 is 1.96 bits per heavy atom. The summed E-state index contributed by atoms with van der Waals surface area (Å²) in [4.78, 5) is 12.1. The van der Waals surface area contributed by atoms with Crippen LogP contribution in [0.15, 0.2) is 42.5 Å². The molecule has 0 radical (unpaired) electrons. The fourth-order valence-electron chi connectivity index (χ4n) is 2.54. The molecule has 0 bridgehead atoms. The van der Waals surface area contributed by atoms with E-state index in [1.807, 2.05) is 30.3 Å². The Labute approximate surface area is 135 Å². The van der Waals surface area contributed by atoms with Crippen molar-refractivity contribution in [3.8, 4) is 0 Å². The molecule has 1 aromatic carbocycles. The summed E-state index contributed by atoms with van der Waals surface area (Å²) in [6.45, 7) is 0.702. The van der Waals surface area contributed by atoms with Gasteiger partial charge in [-0.2, -0.15) is 0 Å². The normalized spacial score (nSPS) is 15.5. The Kier molecular flexibility index (Phi) is 4.52. The summed E-state index contributed by atoms with van der Waals surface area (Å²) >= 11 is 0. The summed E-state index contributed by atoms with van der Waals surface area (Å²) in [7, 11) is 1.74. The third-order valence-corrected chi connectivity index (χ3v) is 4.22. The highest BCUT2D eigenvalue weighted by Crippen LogP contribution is 2.34. The third kappa shape index (κ3) is 3.65. The number of methoxy groups -OCH3 is 1. The molecule has 1 aliphatic carbocycles. The van der Waals surface area contributed by atoms with Crippen molar-refractivity contribution in [3.05, 3.63) is 48.2 Å². The number of para-hydroxylation sites is 1. The molecule has 1 heterocycles. The van der Waals surface area contributed by atoms with E-state index in [4.69, 9.17) is 4.74 Å². The molecule has 3 rings (SSSR count). The van der Waals surface area contributed by atoms with Gasteiger partial charge in [0, 0.05) is 19.3 Å². The second-order valence-corrected chi connectivity index (χ2v) is 5.72. The van der Waals surface area contributed by atoms with Gasteiger partial charge in [0.05, 0.1) is 5.60 Å². The number of hydrogen-bond acceptors (Lipinski definition) is 5. The zero-order valence-electron chi connectivity index (χ0n) is 13.1. The number of benzene rings is 1. The van der Waals surface area contributed by atoms with Crippen LogP contribution in [0.25, 0.3) is 0 Å². The molecule has 6 heteroatoms. The van der Waals surface area contributed by atoms with Gasteiger partial charge in [0.15, 0.2) is 5.69 Å². The van der Waals surface area contributed by atoms with Crippen LogP contribution < -0.4 is 10.6 Å². The molecular formula is C17H20N4O2. The first-order valence-corrected chi connectivity index (χ1v) is 7.70. The molecule has 1 amide bonds. The lowest BCUT2D eigenvalue weighted by Crippen LogP contribution is -2.45. The van der Waals surface area contributed by atoms with Crippen molar-refractivity contribution in [2.75, 3.05) is 24.3 Å². The highest BCUT2D eigenvalue weighted by atomic mass is 16.5. The number of hydrogen-bond donors (Lipinski definition) is 2. The molecule has 0 atom stereocenters. The molecule has 0 saturated heterocycles. The number of anilines is 2. The summed E-state index contributed by atoms with van der Waals surface area (Å²) in [5, 5.41) is 14.0. The number of amides is 1. The molecule has 1 aromatic heterocycles. The van der Waals surface area contributed by atoms with Crippen LogP contribution in [0.4, 0.5) is 11.5 Å². The highest BCUT2D eigenvalue weighted by Gasteiger charge is 2.36. The first kappa shape index (κ1) is 15.4. The van der Waals surface area contributed by atoms with Crippen molar-refractivity contribution in [2.24, 2.45) is 0 Å². The predicted octanol–water partition coefficient (Wildman–Crippen LogP) is 2.71. The number of aromatic nitrogens is 2. The van der Waals surface area contributed by atoms with Gasteiger partial charge in [-0.1, -0.05) is 18.2 Å². The van der Waals surface area contributed by atoms with Gasteiger partial charge in [-0.25, -0.2) is 0 Å². The van der Waals surface area contributed by atoms with Crippen molar-refractivity contribution >= 4 is 17.4 Å². The van der Waals surface area contributed by atoms with Crippen molar-refractivity contribution in [2.45, 2.75) is 24.9 Å². The van der Waals surface area contributed by atoms with Crippen molar-refractivity contribution in [1.29, 1.82) is 0 Å². The number of ether oxygens (including phenoxy) is 1. The van der Waals surface area contributed by atoms with Gasteiger partial charge in [0.1, 0.15) is 5.82 Å². The lowest BCUT2D eigenvalue weighted by Gasteiger charge is -2.40. The van der Waals surface area contributed by atoms with Gasteiger partial charge in [-0.15, -0.1) is 10.2 Å². The molecule has 2 aromatic rings. The van der Waals surface area contributed by atoms with Gasteiger partial charge in [-0.05, 0) is 43.5 Å². The summed E-state index contributed by atoms with van der Waals surface area (Å²) in [5.41, 5.74) is 0.934. The molecule has 0 unspecified atom stereocenters. The van der Waals surface area contributed by atoms with E-state index >= 15 is 0 Å². The standard InChI is InChI=1S/C17H20N4O2/c1-23-17(10-5-11-17)12-18-15-9-8-14(20-21-15)16(22)19-13-6-3-2-4-7-13/h2-4,6-9H,5,10-12H2,1H3,(H,18,21)(H,19,22). The molecule has 6 nitrogen and oxygen atoms in total. The van der Waals surface area contributed by atoms with Crippen molar-refractivity contribution in [3.63, 3.8) is 0 Å². The Bertz CT molecular complexity index is 649. The largest absolute Gasteiger partial charge is 0.376 e. The fraction of sp³-hybridized carbons (Fsp3) is 0.353. The Morgan fingerprint density at radius 3 is 2.52 bits per heavy atom. The van der Waals surface area contributed by atoms with Crippen molar-refractivity contribution < 1.29 is 9.53 Å². The number of nitrogens with zero attached hydrogens (tertiary/aromatic N) is 2. The van der Waals surface area contributed by atoms with Crippen LogP contribution in [0.2, 0.25) is 0 Å². The number of rotatable bonds is 6. The Balaban J connectivity index is 1.57. The minimum absolute atomic E-state index is 0.0783. The van der Waals surface area contributed by atoms with E-state index in [2.05, 4.69) is 20.8 Å². The number of carbonyl (C=O) groups excluding carboxylic acids is 1. The van der Waals surface area contributed by atoms with E-state index in [9.17, 15) is 4.79 Å². The van der Waals surface area contributed by atoms with Gasteiger partial charge < -0.3 is 15.4 Å². The zero-order chi connectivity index (χ0) is 16.1. The molecule has 1 fully saturated rings. The van der Waals surface area contributed by atoms with Gasteiger partial charge >= 0.3 is 0 Å². The maximum atomic E-state index is 12.1. The van der Waals surface area contributed by atoms with Crippen LogP contribution in [-0.2, 0) is 4.74 Å². The Hall–Kier alpha value is -2.47. The SMILES string of the molecule is COC1(CNc2ccc(C(=O)Nc3ccccc3)nn2)CCC1. The van der Waals surface area contributed by atoms with E-state index < -0.39 is 0 Å². The van der Waals surface area contributed by atoms with Crippen LogP contribution in [0, 0.1) is 0 Å². The van der Waals surface area contributed by atoms with E-state index in [-0.39, 0.29) is 17.2 Å². The maximum Gasteiger partial charge on any atom is 0.276 e. The average Bonchev–Trinajstić information content (AvgIpc) is 2.56. The molecule has 0 aliphatic heterocycles. The summed E-state index contributed by atoms with van der Waals surface area (Å²) < 4.78 is 5.55. The van der Waals surface area contributed by atoms with E-state index in [1.54, 1.807) is 19.2 Å². The Morgan fingerprint density at radius 1 is 1.17 bits per heavy atom. The monoisotopic (exact) mass is 312 g/mol. The first-order chi connectivity index (χ1) is 11.2. The van der Waals surface area contributed by atoms with E-state index in [0.717, 1.165) is 18.5 Å². The van der Waals surface area contributed by atoms with Crippen LogP contribution in [0.1, 0.15) is 29.8 Å². The van der Waals surface area contributed by atoms with Crippen LogP contribution in [-0.4, -0.2) is 35.4 Å². The van der Waals surface area contributed by atoms with Gasteiger partial charge in [0.2, 0.25) is 0 Å². The van der Waals surface area contributed by atoms with Crippen LogP contribution in [0.5, 0.6) is 0 Å². The van der Waals surface area contributed by atoms with Crippen LogP contribution >= 0.6 is 0 Å². The minimum atomic E-state index is -0.275. The maximum absolute atomic E-state index is 12.1.